The molecule has 3 aromatic carbocycles. The third-order valence-electron chi connectivity index (χ3n) is 17.8. The number of carbonyl (C=O) groups excluding carboxylic acids is 18. The van der Waals surface area contributed by atoms with Gasteiger partial charge in [0.25, 0.3) is 0 Å². The average Bonchev–Trinajstić information content (AvgIpc) is 0.859. The lowest BCUT2D eigenvalue weighted by Gasteiger charge is -2.27. The molecule has 123 heavy (non-hydrogen) atoms. The molecular weight excluding hydrogens is 1640 g/mol. The second-order valence-electron chi connectivity index (χ2n) is 28.4. The number of carboxylic acids is 2. The summed E-state index contributed by atoms with van der Waals surface area (Å²) in [5, 5.41) is 90.8. The van der Waals surface area contributed by atoms with Crippen LogP contribution >= 0.6 is 12.6 Å². The van der Waals surface area contributed by atoms with E-state index < -0.39 is 285 Å². The predicted octanol–water partition coefficient (Wildman–Crippen LogP) is -11.5. The van der Waals surface area contributed by atoms with Crippen LogP contribution in [-0.2, 0) is 115 Å². The summed E-state index contributed by atoms with van der Waals surface area (Å²) in [6.45, 7) is -1.49. The first kappa shape index (κ1) is 104. The van der Waals surface area contributed by atoms with Gasteiger partial charge in [0.15, 0.2) is 5.96 Å². The third kappa shape index (κ3) is 39.5. The number of rotatable bonds is 57. The van der Waals surface area contributed by atoms with Crippen molar-refractivity contribution in [1.82, 2.24) is 79.8 Å². The Hall–Kier alpha value is -13.5. The number of benzene rings is 3. The summed E-state index contributed by atoms with van der Waals surface area (Å²) in [7, 11) is 0. The molecule has 674 valence electrons. The minimum Gasteiger partial charge on any atom is -0.481 e. The molecule has 0 fully saturated rings. The zero-order valence-electron chi connectivity index (χ0n) is 67.1. The third-order valence-corrected chi connectivity index (χ3v) is 18.2. The van der Waals surface area contributed by atoms with Crippen LogP contribution in [0.2, 0.25) is 0 Å². The Morgan fingerprint density at radius 2 is 0.675 bits per heavy atom. The molecule has 18 amide bonds. The molecular formula is C75H108N22O25S. The van der Waals surface area contributed by atoms with Crippen LogP contribution in [0.15, 0.2) is 91.0 Å². The molecule has 0 heterocycles. The summed E-state index contributed by atoms with van der Waals surface area (Å²) < 4.78 is 0. The summed E-state index contributed by atoms with van der Waals surface area (Å²) in [4.78, 5) is 267. The Morgan fingerprint density at radius 3 is 1.04 bits per heavy atom. The number of aliphatic hydroxyl groups is 3. The number of nitrogens with two attached hydrogens (primary N) is 6. The van der Waals surface area contributed by atoms with Gasteiger partial charge in [-0.3, -0.25) is 96.5 Å². The monoisotopic (exact) mass is 1750 g/mol. The van der Waals surface area contributed by atoms with Crippen LogP contribution in [-0.4, -0.2) is 273 Å². The normalized spacial score (nSPS) is 14.3. The first-order valence-corrected chi connectivity index (χ1v) is 38.9. The van der Waals surface area contributed by atoms with Crippen molar-refractivity contribution in [3.63, 3.8) is 0 Å². The van der Waals surface area contributed by atoms with Gasteiger partial charge in [-0.2, -0.15) is 12.6 Å². The second-order valence-corrected chi connectivity index (χ2v) is 28.7. The van der Waals surface area contributed by atoms with E-state index in [4.69, 9.17) is 39.8 Å². The average molecular weight is 1750 g/mol. The maximum Gasteiger partial charge on any atom is 0.326 e. The van der Waals surface area contributed by atoms with Crippen molar-refractivity contribution in [2.45, 2.75) is 182 Å². The fourth-order valence-electron chi connectivity index (χ4n) is 11.5. The molecule has 48 heteroatoms. The van der Waals surface area contributed by atoms with Crippen LogP contribution in [0.1, 0.15) is 94.7 Å². The van der Waals surface area contributed by atoms with Crippen molar-refractivity contribution < 1.29 is 121 Å². The van der Waals surface area contributed by atoms with Gasteiger partial charge in [0.2, 0.25) is 106 Å². The first-order chi connectivity index (χ1) is 58.1. The van der Waals surface area contributed by atoms with Gasteiger partial charge in [-0.15, -0.1) is 0 Å². The van der Waals surface area contributed by atoms with E-state index in [1.807, 2.05) is 21.3 Å². The summed E-state index contributed by atoms with van der Waals surface area (Å²) in [5.41, 5.74) is 34.5. The molecule has 47 nitrogen and oxygen atoms in total. The predicted molar refractivity (Wildman–Crippen MR) is 435 cm³/mol. The molecule has 0 bridgehead atoms. The number of primary amides is 4. The number of amides is 18. The van der Waals surface area contributed by atoms with Gasteiger partial charge in [-0.25, -0.2) is 4.79 Å². The lowest BCUT2D eigenvalue weighted by Crippen LogP contribution is -2.62. The molecule has 0 aliphatic rings. The number of guanidine groups is 1. The molecule has 0 aliphatic carbocycles. The van der Waals surface area contributed by atoms with Crippen molar-refractivity contribution in [3.8, 4) is 0 Å². The van der Waals surface area contributed by atoms with E-state index in [-0.39, 0.29) is 51.5 Å². The van der Waals surface area contributed by atoms with Crippen LogP contribution in [0, 0.1) is 11.3 Å². The number of thiol groups is 1. The van der Waals surface area contributed by atoms with Crippen LogP contribution < -0.4 is 114 Å². The molecule has 0 radical (unpaired) electrons. The largest absolute Gasteiger partial charge is 0.481 e. The number of carbonyl (C=O) groups is 20. The van der Waals surface area contributed by atoms with Gasteiger partial charge in [0, 0.05) is 38.0 Å². The summed E-state index contributed by atoms with van der Waals surface area (Å²) in [6.07, 6.45) is -6.09. The molecule has 0 saturated heterocycles. The van der Waals surface area contributed by atoms with Crippen LogP contribution in [0.3, 0.4) is 0 Å². The van der Waals surface area contributed by atoms with E-state index in [1.165, 1.54) is 0 Å². The zero-order chi connectivity index (χ0) is 92.2. The fourth-order valence-corrected chi connectivity index (χ4v) is 11.7. The molecule has 0 saturated carbocycles. The molecule has 0 aromatic heterocycles. The lowest BCUT2D eigenvalue weighted by molar-refractivity contribution is -0.143. The van der Waals surface area contributed by atoms with Gasteiger partial charge in [0.1, 0.15) is 78.5 Å². The van der Waals surface area contributed by atoms with E-state index in [2.05, 4.69) is 71.1 Å². The summed E-state index contributed by atoms with van der Waals surface area (Å²) >= 11 is 4.05. The van der Waals surface area contributed by atoms with Crippen molar-refractivity contribution in [2.24, 2.45) is 40.3 Å². The molecule has 33 N–H and O–H groups in total. The molecule has 0 spiro atoms. The molecule has 14 atom stereocenters. The molecule has 3 rings (SSSR count). The maximum atomic E-state index is 14.7. The van der Waals surface area contributed by atoms with Crippen molar-refractivity contribution in [3.05, 3.63) is 108 Å². The molecule has 3 aromatic rings. The van der Waals surface area contributed by atoms with E-state index in [9.17, 15) is 121 Å². The standard InChI is InChI=1S/C75H108N22O25S/c1-37(2)25-45(85-59(105)32-84-62(109)46(27-39-15-8-4-9-16-39)89-66(113)47(28-40-17-10-5-11-18-40)90-64(111)43(21-23-60(106)107)87-63(110)42(20-22-55(77)101)86-61(108)41(76)26-38-13-6-3-7-14-38)65(112)91-49(30-57(79)103)68(115)92-50(31-58(80)104)69(116)97-54(36-123)73(120)96-53(35-100)72(119)95-52(34-99)71(118)94-51(33-98)70(117)93-48(29-56(78)102)67(114)88-44(74(121)122)19-12-24-83-75(81)82/h3-11,13-18,37,41-54,98-100,123H,12,19-36,76H2,1-2H3,(H2,77,101)(H2,78,102)(H2,79,103)(H2,80,104)(H,84,109)(H,85,105)(H,86,108)(H,87,110)(H,88,114)(H,89,113)(H,90,111)(H,91,112)(H,92,115)(H,93,117)(H,94,118)(H,95,119)(H,96,120)(H,97,116)(H,106,107)(H,121,122)(H4,81,82,83)/t41-,42-,43-,44-,45-,46-,47-,48-,49-,50-,51-,52-,53-,54-/m0/s1. The highest BCUT2D eigenvalue weighted by molar-refractivity contribution is 7.80. The van der Waals surface area contributed by atoms with Gasteiger partial charge in [0.05, 0.1) is 51.7 Å². The SMILES string of the molecule is CC(C)C[C@H](NC(=O)CNC(=O)[C@H](Cc1ccccc1)NC(=O)[C@H](Cc1ccccc1)NC(=O)[C@H](CCC(=O)O)NC(=O)[C@H](CCC(N)=O)NC(=O)[C@@H](N)Cc1ccccc1)C(=O)N[C@@H](CC(N)=O)C(=O)N[C@@H](CC(N)=O)C(=O)N[C@@H](CS)C(=O)N[C@@H](CO)C(=O)N[C@@H](CO)C(=O)N[C@@H](CO)C(=O)N[C@@H](CC(N)=O)C(=O)N[C@@H](CCCNC(=N)N)C(=O)O. The molecule has 0 aliphatic heterocycles. The van der Waals surface area contributed by atoms with Gasteiger partial charge < -0.3 is 140 Å². The Morgan fingerprint density at radius 1 is 0.358 bits per heavy atom. The second kappa shape index (κ2) is 53.9. The molecule has 0 unspecified atom stereocenters. The smallest absolute Gasteiger partial charge is 0.326 e. The minimum atomic E-state index is -2.07. The van der Waals surface area contributed by atoms with Crippen molar-refractivity contribution in [2.75, 3.05) is 38.7 Å². The summed E-state index contributed by atoms with van der Waals surface area (Å²) in [5.74, 6) is -25.9. The number of aliphatic carboxylic acids is 2. The number of hydrogen-bond acceptors (Lipinski definition) is 26. The van der Waals surface area contributed by atoms with E-state index in [0.717, 1.165) is 0 Å². The number of aliphatic hydroxyl groups excluding tert-OH is 3. The quantitative estimate of drug-likeness (QED) is 0.0108. The van der Waals surface area contributed by atoms with E-state index in [0.29, 0.717) is 16.7 Å². The van der Waals surface area contributed by atoms with Crippen molar-refractivity contribution in [1.29, 1.82) is 5.41 Å². The minimum absolute atomic E-state index is 0.0198. The Bertz CT molecular complexity index is 4200. The fraction of sp³-hybridized carbons (Fsp3) is 0.480. The number of hydrogen-bond donors (Lipinski definition) is 28. The zero-order valence-corrected chi connectivity index (χ0v) is 68.0. The summed E-state index contributed by atoms with van der Waals surface area (Å²) in [6, 6.07) is -0.191. The van der Waals surface area contributed by atoms with Crippen molar-refractivity contribution >= 4 is 137 Å². The Balaban J connectivity index is 1.82. The van der Waals surface area contributed by atoms with E-state index in [1.54, 1.807) is 105 Å². The number of nitrogens with one attached hydrogen (secondary N) is 16. The highest BCUT2D eigenvalue weighted by atomic mass is 32.1. The first-order valence-electron chi connectivity index (χ1n) is 38.3. The Labute approximate surface area is 709 Å². The lowest BCUT2D eigenvalue weighted by atomic mass is 10.0. The van der Waals surface area contributed by atoms with Gasteiger partial charge >= 0.3 is 11.9 Å². The highest BCUT2D eigenvalue weighted by Gasteiger charge is 2.39. The van der Waals surface area contributed by atoms with Crippen LogP contribution in [0.5, 0.6) is 0 Å². The maximum absolute atomic E-state index is 14.7. The van der Waals surface area contributed by atoms with Gasteiger partial charge in [-0.05, 0) is 61.1 Å². The van der Waals surface area contributed by atoms with Crippen LogP contribution in [0.4, 0.5) is 0 Å². The highest BCUT2D eigenvalue weighted by Crippen LogP contribution is 2.14. The Kier molecular flexibility index (Phi) is 45.5. The van der Waals surface area contributed by atoms with E-state index >= 15 is 0 Å². The van der Waals surface area contributed by atoms with Gasteiger partial charge in [-0.1, -0.05) is 105 Å². The number of carboxylic acid groups (broad SMARTS) is 2. The topological polar surface area (TPSA) is 803 Å². The van der Waals surface area contributed by atoms with Crippen LogP contribution in [0.25, 0.3) is 0 Å².